The predicted molar refractivity (Wildman–Crippen MR) is 99.5 cm³/mol. The molecular weight excluding hydrogens is 376 g/mol. The smallest absolute Gasteiger partial charge is 0.138 e. The molecule has 0 radical (unpaired) electrons. The van der Waals surface area contributed by atoms with Crippen molar-refractivity contribution in [3.05, 3.63) is 51.5 Å². The number of aliphatic imine (C=N–C) groups is 1. The molecular formula is C17H16BrClN4. The number of amidine groups is 1. The van der Waals surface area contributed by atoms with E-state index in [1.54, 1.807) is 0 Å². The fourth-order valence-corrected chi connectivity index (χ4v) is 3.48. The Hall–Kier alpha value is -1.56. The third kappa shape index (κ3) is 2.96. The zero-order valence-electron chi connectivity index (χ0n) is 12.4. The second-order valence-corrected chi connectivity index (χ2v) is 7.00. The van der Waals surface area contributed by atoms with Gasteiger partial charge in [-0.05, 0) is 36.4 Å². The van der Waals surface area contributed by atoms with Crippen LogP contribution in [-0.4, -0.2) is 36.9 Å². The molecule has 2 N–H and O–H groups in total. The molecule has 4 nitrogen and oxygen atoms in total. The molecule has 2 aromatic carbocycles. The summed E-state index contributed by atoms with van der Waals surface area (Å²) in [7, 11) is 0. The molecule has 1 saturated heterocycles. The largest absolute Gasteiger partial charge is 0.353 e. The van der Waals surface area contributed by atoms with Gasteiger partial charge in [-0.1, -0.05) is 27.5 Å². The van der Waals surface area contributed by atoms with Crippen molar-refractivity contribution in [2.45, 2.75) is 0 Å². The number of benzene rings is 2. The van der Waals surface area contributed by atoms with E-state index in [1.165, 1.54) is 0 Å². The zero-order valence-corrected chi connectivity index (χ0v) is 14.8. The van der Waals surface area contributed by atoms with Crippen LogP contribution in [0.1, 0.15) is 5.56 Å². The van der Waals surface area contributed by atoms with Gasteiger partial charge in [0.25, 0.3) is 0 Å². The SMILES string of the molecule is Clc1ccc2c(c1)N=C(N1CCNCC1)c1cc(Br)ccc1N2. The zero-order chi connectivity index (χ0) is 15.8. The summed E-state index contributed by atoms with van der Waals surface area (Å²) in [5.74, 6) is 0.997. The Labute approximate surface area is 148 Å². The first kappa shape index (κ1) is 15.0. The van der Waals surface area contributed by atoms with Gasteiger partial charge in [-0.15, -0.1) is 0 Å². The van der Waals surface area contributed by atoms with Gasteiger partial charge in [-0.25, -0.2) is 4.99 Å². The number of halogens is 2. The molecule has 0 amide bonds. The van der Waals surface area contributed by atoms with Crippen LogP contribution in [0.25, 0.3) is 0 Å². The lowest BCUT2D eigenvalue weighted by molar-refractivity contribution is 0.358. The van der Waals surface area contributed by atoms with Gasteiger partial charge in [-0.3, -0.25) is 0 Å². The molecule has 118 valence electrons. The second-order valence-electron chi connectivity index (χ2n) is 5.65. The molecule has 0 unspecified atom stereocenters. The molecule has 0 aromatic heterocycles. The van der Waals surface area contributed by atoms with Crippen LogP contribution in [0.4, 0.5) is 17.1 Å². The van der Waals surface area contributed by atoms with Crippen molar-refractivity contribution in [2.24, 2.45) is 4.99 Å². The molecule has 23 heavy (non-hydrogen) atoms. The molecule has 0 spiro atoms. The number of hydrogen-bond acceptors (Lipinski definition) is 4. The highest BCUT2D eigenvalue weighted by atomic mass is 79.9. The van der Waals surface area contributed by atoms with Gasteiger partial charge in [0.05, 0.1) is 11.4 Å². The van der Waals surface area contributed by atoms with E-state index in [4.69, 9.17) is 16.6 Å². The number of piperazine rings is 1. The van der Waals surface area contributed by atoms with Crippen LogP contribution in [0.2, 0.25) is 5.02 Å². The van der Waals surface area contributed by atoms with Gasteiger partial charge in [0, 0.05) is 46.9 Å². The minimum absolute atomic E-state index is 0.695. The lowest BCUT2D eigenvalue weighted by atomic mass is 10.1. The van der Waals surface area contributed by atoms with Gasteiger partial charge < -0.3 is 15.5 Å². The first-order valence-corrected chi connectivity index (χ1v) is 8.79. The monoisotopic (exact) mass is 390 g/mol. The van der Waals surface area contributed by atoms with E-state index in [-0.39, 0.29) is 0 Å². The third-order valence-electron chi connectivity index (χ3n) is 4.09. The van der Waals surface area contributed by atoms with Crippen LogP contribution >= 0.6 is 27.5 Å². The molecule has 1 fully saturated rings. The Morgan fingerprint density at radius 2 is 1.83 bits per heavy atom. The van der Waals surface area contributed by atoms with E-state index in [9.17, 15) is 0 Å². The number of rotatable bonds is 0. The van der Waals surface area contributed by atoms with Crippen LogP contribution < -0.4 is 10.6 Å². The van der Waals surface area contributed by atoms with Crippen molar-refractivity contribution >= 4 is 50.4 Å². The summed E-state index contributed by atoms with van der Waals surface area (Å²) in [5.41, 5.74) is 4.02. The van der Waals surface area contributed by atoms with Crippen LogP contribution in [0.5, 0.6) is 0 Å². The van der Waals surface area contributed by atoms with E-state index in [0.29, 0.717) is 5.02 Å². The Balaban J connectivity index is 1.89. The van der Waals surface area contributed by atoms with E-state index in [0.717, 1.165) is 59.1 Å². The highest BCUT2D eigenvalue weighted by molar-refractivity contribution is 9.10. The number of nitrogens with zero attached hydrogens (tertiary/aromatic N) is 2. The number of hydrogen-bond donors (Lipinski definition) is 2. The maximum atomic E-state index is 6.17. The van der Waals surface area contributed by atoms with E-state index < -0.39 is 0 Å². The Kier molecular flexibility index (Phi) is 4.01. The maximum absolute atomic E-state index is 6.17. The van der Waals surface area contributed by atoms with Crippen molar-refractivity contribution in [1.29, 1.82) is 0 Å². The van der Waals surface area contributed by atoms with Crippen molar-refractivity contribution < 1.29 is 0 Å². The van der Waals surface area contributed by atoms with Crippen molar-refractivity contribution in [3.8, 4) is 0 Å². The first-order chi connectivity index (χ1) is 11.2. The molecule has 0 saturated carbocycles. The lowest BCUT2D eigenvalue weighted by Gasteiger charge is -2.30. The maximum Gasteiger partial charge on any atom is 0.138 e. The third-order valence-corrected chi connectivity index (χ3v) is 4.82. The summed E-state index contributed by atoms with van der Waals surface area (Å²) >= 11 is 9.75. The molecule has 2 heterocycles. The van der Waals surface area contributed by atoms with Crippen LogP contribution in [0, 0.1) is 0 Å². The van der Waals surface area contributed by atoms with Gasteiger partial charge in [0.15, 0.2) is 0 Å². The average molecular weight is 392 g/mol. The van der Waals surface area contributed by atoms with Crippen molar-refractivity contribution in [3.63, 3.8) is 0 Å². The molecule has 2 aliphatic heterocycles. The molecule has 0 atom stereocenters. The number of nitrogens with one attached hydrogen (secondary N) is 2. The minimum Gasteiger partial charge on any atom is -0.353 e. The summed E-state index contributed by atoms with van der Waals surface area (Å²) in [5, 5.41) is 7.58. The van der Waals surface area contributed by atoms with E-state index in [2.05, 4.69) is 43.6 Å². The molecule has 4 rings (SSSR count). The molecule has 0 aliphatic carbocycles. The summed E-state index contributed by atoms with van der Waals surface area (Å²) in [6.45, 7) is 3.83. The molecule has 6 heteroatoms. The van der Waals surface area contributed by atoms with Crippen LogP contribution in [0.3, 0.4) is 0 Å². The molecule has 2 aliphatic rings. The predicted octanol–water partition coefficient (Wildman–Crippen LogP) is 4.14. The average Bonchev–Trinajstić information content (AvgIpc) is 2.72. The summed E-state index contributed by atoms with van der Waals surface area (Å²) < 4.78 is 1.05. The topological polar surface area (TPSA) is 39.7 Å². The molecule has 0 bridgehead atoms. The molecule has 2 aromatic rings. The lowest BCUT2D eigenvalue weighted by Crippen LogP contribution is -2.46. The summed E-state index contributed by atoms with van der Waals surface area (Å²) in [6, 6.07) is 12.0. The first-order valence-electron chi connectivity index (χ1n) is 7.61. The Morgan fingerprint density at radius 3 is 2.65 bits per heavy atom. The Bertz CT molecular complexity index is 784. The standard InChI is InChI=1S/C17H16BrClN4/c18-11-1-3-14-13(9-11)17(23-7-5-20-6-8-23)22-16-10-12(19)2-4-15(16)21-14/h1-4,9-10,20-21H,5-8H2. The fourth-order valence-electron chi connectivity index (χ4n) is 2.95. The summed E-state index contributed by atoms with van der Waals surface area (Å²) in [6.07, 6.45) is 0. The minimum atomic E-state index is 0.695. The van der Waals surface area contributed by atoms with Gasteiger partial charge in [-0.2, -0.15) is 0 Å². The van der Waals surface area contributed by atoms with Crippen LogP contribution in [-0.2, 0) is 0 Å². The second kappa shape index (κ2) is 6.15. The van der Waals surface area contributed by atoms with Crippen molar-refractivity contribution in [1.82, 2.24) is 10.2 Å². The van der Waals surface area contributed by atoms with Crippen LogP contribution in [0.15, 0.2) is 45.9 Å². The van der Waals surface area contributed by atoms with E-state index >= 15 is 0 Å². The fraction of sp³-hybridized carbons (Fsp3) is 0.235. The Morgan fingerprint density at radius 1 is 1.04 bits per heavy atom. The summed E-state index contributed by atoms with van der Waals surface area (Å²) in [4.78, 5) is 7.29. The normalized spacial score (nSPS) is 16.8. The van der Waals surface area contributed by atoms with Crippen molar-refractivity contribution in [2.75, 3.05) is 31.5 Å². The highest BCUT2D eigenvalue weighted by Gasteiger charge is 2.23. The van der Waals surface area contributed by atoms with E-state index in [1.807, 2.05) is 24.3 Å². The quantitative estimate of drug-likeness (QED) is 0.709. The van der Waals surface area contributed by atoms with Gasteiger partial charge in [0.1, 0.15) is 5.84 Å². The van der Waals surface area contributed by atoms with Gasteiger partial charge in [0.2, 0.25) is 0 Å². The van der Waals surface area contributed by atoms with Gasteiger partial charge >= 0.3 is 0 Å². The number of anilines is 2. The number of fused-ring (bicyclic) bond motifs is 2. The highest BCUT2D eigenvalue weighted by Crippen LogP contribution is 2.37.